The monoisotopic (exact) mass is 442 g/mol. The third-order valence-corrected chi connectivity index (χ3v) is 7.89. The van der Waals surface area contributed by atoms with Crippen molar-refractivity contribution < 1.29 is 18.0 Å². The van der Waals surface area contributed by atoms with Gasteiger partial charge in [-0.1, -0.05) is 0 Å². The van der Waals surface area contributed by atoms with Crippen molar-refractivity contribution in [2.45, 2.75) is 44.0 Å². The largest absolute Gasteiger partial charge is 0.324 e. The third-order valence-electron chi connectivity index (χ3n) is 6.00. The maximum Gasteiger partial charge on any atom is 0.243 e. The van der Waals surface area contributed by atoms with Gasteiger partial charge in [0.1, 0.15) is 0 Å². The number of rotatable bonds is 4. The molecular weight excluding hydrogens is 416 g/mol. The summed E-state index contributed by atoms with van der Waals surface area (Å²) >= 11 is 0. The van der Waals surface area contributed by atoms with Gasteiger partial charge in [0.25, 0.3) is 0 Å². The van der Waals surface area contributed by atoms with Crippen LogP contribution >= 0.6 is 0 Å². The van der Waals surface area contributed by atoms with Gasteiger partial charge in [-0.2, -0.15) is 4.31 Å². The van der Waals surface area contributed by atoms with E-state index in [1.54, 1.807) is 47.6 Å². The molecule has 2 aliphatic rings. The van der Waals surface area contributed by atoms with Crippen molar-refractivity contribution in [1.82, 2.24) is 9.29 Å². The van der Waals surface area contributed by atoms with Crippen LogP contribution in [0.15, 0.2) is 47.6 Å². The average Bonchev–Trinajstić information content (AvgIpc) is 3.09. The Morgan fingerprint density at radius 2 is 1.90 bits per heavy atom. The zero-order valence-electron chi connectivity index (χ0n) is 17.6. The molecule has 4 rings (SSSR count). The van der Waals surface area contributed by atoms with E-state index in [2.05, 4.69) is 10.3 Å². The Bertz CT molecular complexity index is 1100. The van der Waals surface area contributed by atoms with Gasteiger partial charge in [-0.05, 0) is 62.1 Å². The van der Waals surface area contributed by atoms with Crippen molar-refractivity contribution in [2.75, 3.05) is 23.3 Å². The number of nitrogens with one attached hydrogen (secondary N) is 1. The quantitative estimate of drug-likeness (QED) is 0.784. The summed E-state index contributed by atoms with van der Waals surface area (Å²) in [5.74, 6) is -0.397. The molecular formula is C22H26N4O4S. The zero-order valence-corrected chi connectivity index (χ0v) is 18.4. The Kier molecular flexibility index (Phi) is 5.81. The van der Waals surface area contributed by atoms with Crippen LogP contribution in [0.4, 0.5) is 11.4 Å². The van der Waals surface area contributed by atoms with E-state index in [4.69, 9.17) is 0 Å². The lowest BCUT2D eigenvalue weighted by Crippen LogP contribution is -2.41. The lowest BCUT2D eigenvalue weighted by Gasteiger charge is -2.30. The van der Waals surface area contributed by atoms with Crippen molar-refractivity contribution in [2.24, 2.45) is 5.92 Å². The number of nitrogens with zero attached hydrogens (tertiary/aromatic N) is 3. The van der Waals surface area contributed by atoms with Gasteiger partial charge in [0.15, 0.2) is 0 Å². The number of pyridine rings is 1. The zero-order chi connectivity index (χ0) is 22.2. The molecule has 1 aromatic carbocycles. The number of anilines is 2. The molecule has 31 heavy (non-hydrogen) atoms. The van der Waals surface area contributed by atoms with Crippen LogP contribution < -0.4 is 10.2 Å². The van der Waals surface area contributed by atoms with E-state index in [9.17, 15) is 18.0 Å². The highest BCUT2D eigenvalue weighted by molar-refractivity contribution is 7.89. The summed E-state index contributed by atoms with van der Waals surface area (Å²) in [7, 11) is -3.66. The summed E-state index contributed by atoms with van der Waals surface area (Å²) in [6, 6.07) is 8.51. The summed E-state index contributed by atoms with van der Waals surface area (Å²) in [6.07, 6.45) is 4.78. The van der Waals surface area contributed by atoms with E-state index >= 15 is 0 Å². The van der Waals surface area contributed by atoms with Gasteiger partial charge < -0.3 is 10.2 Å². The van der Waals surface area contributed by atoms with E-state index in [1.165, 1.54) is 11.2 Å². The number of aromatic nitrogens is 1. The first kappa shape index (κ1) is 21.5. The van der Waals surface area contributed by atoms with Gasteiger partial charge in [0.05, 0.1) is 16.8 Å². The maximum atomic E-state index is 13.2. The SMILES string of the molecule is CC(=O)N1c2ccc(S(=O)(=O)N3CCC(C(=O)Nc4cccnc4)CC3)cc2C[C@H]1C. The Morgan fingerprint density at radius 3 is 2.55 bits per heavy atom. The van der Waals surface area contributed by atoms with E-state index < -0.39 is 10.0 Å². The molecule has 3 heterocycles. The van der Waals surface area contributed by atoms with E-state index in [0.717, 1.165) is 11.3 Å². The molecule has 0 unspecified atom stereocenters. The van der Waals surface area contributed by atoms with E-state index in [-0.39, 0.29) is 28.7 Å². The second kappa shape index (κ2) is 8.39. The first-order valence-electron chi connectivity index (χ1n) is 10.4. The van der Waals surface area contributed by atoms with Gasteiger partial charge >= 0.3 is 0 Å². The molecule has 0 bridgehead atoms. The van der Waals surface area contributed by atoms with Crippen LogP contribution in [0, 0.1) is 5.92 Å². The highest BCUT2D eigenvalue weighted by Crippen LogP contribution is 2.35. The maximum absolute atomic E-state index is 13.2. The molecule has 0 spiro atoms. The molecule has 0 saturated carbocycles. The molecule has 0 radical (unpaired) electrons. The van der Waals surface area contributed by atoms with E-state index in [1.807, 2.05) is 6.92 Å². The van der Waals surface area contributed by atoms with Crippen molar-refractivity contribution in [3.8, 4) is 0 Å². The summed E-state index contributed by atoms with van der Waals surface area (Å²) in [6.45, 7) is 4.06. The number of sulfonamides is 1. The molecule has 1 fully saturated rings. The standard InChI is InChI=1S/C22H26N4O4S/c1-15-12-18-13-20(5-6-21(18)26(15)16(2)27)31(29,30)25-10-7-17(8-11-25)22(28)24-19-4-3-9-23-14-19/h3-6,9,13-15,17H,7-8,10-12H2,1-2H3,(H,24,28)/t15-/m1/s1. The molecule has 9 heteroatoms. The minimum Gasteiger partial charge on any atom is -0.324 e. The van der Waals surface area contributed by atoms with Gasteiger partial charge in [-0.3, -0.25) is 14.6 Å². The Labute approximate surface area is 182 Å². The van der Waals surface area contributed by atoms with Crippen LogP contribution in [0.2, 0.25) is 0 Å². The summed E-state index contributed by atoms with van der Waals surface area (Å²) in [5.41, 5.74) is 2.29. The lowest BCUT2D eigenvalue weighted by atomic mass is 9.97. The topological polar surface area (TPSA) is 99.7 Å². The van der Waals surface area contributed by atoms with Crippen LogP contribution in [0.25, 0.3) is 0 Å². The van der Waals surface area contributed by atoms with E-state index in [0.29, 0.717) is 38.0 Å². The molecule has 8 nitrogen and oxygen atoms in total. The van der Waals surface area contributed by atoms with Gasteiger partial charge in [-0.15, -0.1) is 0 Å². The molecule has 1 aromatic heterocycles. The van der Waals surface area contributed by atoms with Crippen molar-refractivity contribution >= 4 is 33.2 Å². The number of fused-ring (bicyclic) bond motifs is 1. The Morgan fingerprint density at radius 1 is 1.16 bits per heavy atom. The van der Waals surface area contributed by atoms with Gasteiger partial charge in [0, 0.05) is 43.9 Å². The fraction of sp³-hybridized carbons (Fsp3) is 0.409. The minimum atomic E-state index is -3.66. The summed E-state index contributed by atoms with van der Waals surface area (Å²) in [5, 5.41) is 2.84. The van der Waals surface area contributed by atoms with Gasteiger partial charge in [-0.25, -0.2) is 8.42 Å². The number of hydrogen-bond acceptors (Lipinski definition) is 5. The Hall–Kier alpha value is -2.78. The average molecular weight is 443 g/mol. The molecule has 1 N–H and O–H groups in total. The normalized spacial score (nSPS) is 19.8. The van der Waals surface area contributed by atoms with Crippen LogP contribution in [0.5, 0.6) is 0 Å². The summed E-state index contributed by atoms with van der Waals surface area (Å²) in [4.78, 5) is 30.3. The number of amides is 2. The highest BCUT2D eigenvalue weighted by atomic mass is 32.2. The second-order valence-electron chi connectivity index (χ2n) is 8.14. The first-order valence-corrected chi connectivity index (χ1v) is 11.8. The third kappa shape index (κ3) is 4.20. The molecule has 0 aliphatic carbocycles. The van der Waals surface area contributed by atoms with Crippen LogP contribution in [0.3, 0.4) is 0 Å². The molecule has 2 amide bonds. The highest BCUT2D eigenvalue weighted by Gasteiger charge is 2.34. The van der Waals surface area contributed by atoms with Crippen LogP contribution in [-0.4, -0.2) is 48.7 Å². The molecule has 2 aromatic rings. The number of hydrogen-bond donors (Lipinski definition) is 1. The predicted octanol–water partition coefficient (Wildman–Crippen LogP) is 2.42. The predicted molar refractivity (Wildman–Crippen MR) is 117 cm³/mol. The molecule has 2 aliphatic heterocycles. The Balaban J connectivity index is 1.43. The van der Waals surface area contributed by atoms with Crippen LogP contribution in [0.1, 0.15) is 32.3 Å². The smallest absolute Gasteiger partial charge is 0.243 e. The van der Waals surface area contributed by atoms with Crippen LogP contribution in [-0.2, 0) is 26.0 Å². The molecule has 1 atom stereocenters. The lowest BCUT2D eigenvalue weighted by molar-refractivity contribution is -0.121. The molecule has 1 saturated heterocycles. The minimum absolute atomic E-state index is 0.0134. The second-order valence-corrected chi connectivity index (χ2v) is 10.1. The number of carbonyl (C=O) groups excluding carboxylic acids is 2. The number of carbonyl (C=O) groups is 2. The van der Waals surface area contributed by atoms with Crippen molar-refractivity contribution in [1.29, 1.82) is 0 Å². The number of piperidine rings is 1. The van der Waals surface area contributed by atoms with Crippen molar-refractivity contribution in [3.63, 3.8) is 0 Å². The fourth-order valence-electron chi connectivity index (χ4n) is 4.44. The number of benzene rings is 1. The summed E-state index contributed by atoms with van der Waals surface area (Å²) < 4.78 is 27.8. The van der Waals surface area contributed by atoms with Gasteiger partial charge in [0.2, 0.25) is 21.8 Å². The fourth-order valence-corrected chi connectivity index (χ4v) is 5.96. The molecule has 164 valence electrons. The first-order chi connectivity index (χ1) is 14.8. The van der Waals surface area contributed by atoms with Crippen molar-refractivity contribution in [3.05, 3.63) is 48.3 Å².